The number of hydrogen-bond acceptors (Lipinski definition) is 2. The summed E-state index contributed by atoms with van der Waals surface area (Å²) in [6.45, 7) is 4.87. The normalized spacial score (nSPS) is 10.7. The summed E-state index contributed by atoms with van der Waals surface area (Å²) in [6.07, 6.45) is 1.76. The predicted octanol–water partition coefficient (Wildman–Crippen LogP) is 3.11. The fourth-order valence-electron chi connectivity index (χ4n) is 1.74. The van der Waals surface area contributed by atoms with Crippen molar-refractivity contribution in [3.05, 3.63) is 35.1 Å². The van der Waals surface area contributed by atoms with Gasteiger partial charge in [-0.15, -0.1) is 0 Å². The lowest BCUT2D eigenvalue weighted by Crippen LogP contribution is -1.99. The van der Waals surface area contributed by atoms with Crippen LogP contribution in [0.4, 0.5) is 5.82 Å². The smallest absolute Gasteiger partial charge is 0.131 e. The summed E-state index contributed by atoms with van der Waals surface area (Å²) in [4.78, 5) is 4.34. The lowest BCUT2D eigenvalue weighted by atomic mass is 10.1. The predicted molar refractivity (Wildman–Crippen MR) is 67.5 cm³/mol. The van der Waals surface area contributed by atoms with E-state index < -0.39 is 0 Å². The summed E-state index contributed by atoms with van der Waals surface area (Å²) >= 11 is 5.92. The van der Waals surface area contributed by atoms with Crippen molar-refractivity contribution < 1.29 is 0 Å². The molecular formula is C12H14ClN3. The Morgan fingerprint density at radius 2 is 2.19 bits per heavy atom. The summed E-state index contributed by atoms with van der Waals surface area (Å²) < 4.78 is 1.92. The highest BCUT2D eigenvalue weighted by molar-refractivity contribution is 6.30. The molecule has 0 bridgehead atoms. The van der Waals surface area contributed by atoms with Gasteiger partial charge in [0.25, 0.3) is 0 Å². The number of nitrogens with zero attached hydrogens (tertiary/aromatic N) is 2. The van der Waals surface area contributed by atoms with E-state index >= 15 is 0 Å². The van der Waals surface area contributed by atoms with Crippen LogP contribution in [0.3, 0.4) is 0 Å². The fourth-order valence-corrected chi connectivity index (χ4v) is 1.97. The molecule has 0 aliphatic rings. The van der Waals surface area contributed by atoms with Gasteiger partial charge in [0.2, 0.25) is 0 Å². The number of benzene rings is 1. The van der Waals surface area contributed by atoms with E-state index in [2.05, 4.69) is 4.98 Å². The van der Waals surface area contributed by atoms with Gasteiger partial charge in [-0.3, -0.25) is 0 Å². The van der Waals surface area contributed by atoms with Crippen LogP contribution in [0.5, 0.6) is 0 Å². The van der Waals surface area contributed by atoms with Crippen LogP contribution < -0.4 is 5.73 Å². The molecule has 3 nitrogen and oxygen atoms in total. The van der Waals surface area contributed by atoms with Gasteiger partial charge in [-0.05, 0) is 31.5 Å². The van der Waals surface area contributed by atoms with Gasteiger partial charge in [0, 0.05) is 17.1 Å². The third-order valence-electron chi connectivity index (χ3n) is 2.66. The van der Waals surface area contributed by atoms with Crippen LogP contribution in [0.2, 0.25) is 5.02 Å². The molecule has 2 rings (SSSR count). The number of hydrogen-bond donors (Lipinski definition) is 1. The molecule has 0 aliphatic heterocycles. The van der Waals surface area contributed by atoms with Crippen molar-refractivity contribution in [3.8, 4) is 11.3 Å². The second-order valence-corrected chi connectivity index (χ2v) is 4.16. The first kappa shape index (κ1) is 11.0. The van der Waals surface area contributed by atoms with Crippen LogP contribution >= 0.6 is 11.6 Å². The van der Waals surface area contributed by atoms with E-state index in [4.69, 9.17) is 17.3 Å². The highest BCUT2D eigenvalue weighted by atomic mass is 35.5. The topological polar surface area (TPSA) is 43.8 Å². The van der Waals surface area contributed by atoms with Gasteiger partial charge in [0.1, 0.15) is 11.5 Å². The van der Waals surface area contributed by atoms with Gasteiger partial charge in [0.05, 0.1) is 6.33 Å². The number of nitrogen functional groups attached to an aromatic ring is 1. The van der Waals surface area contributed by atoms with Gasteiger partial charge < -0.3 is 10.3 Å². The van der Waals surface area contributed by atoms with E-state index in [1.54, 1.807) is 6.33 Å². The molecule has 1 aromatic heterocycles. The Hall–Kier alpha value is -1.48. The number of imidazole rings is 1. The van der Waals surface area contributed by atoms with Crippen molar-refractivity contribution in [2.24, 2.45) is 0 Å². The Bertz CT molecular complexity index is 517. The second kappa shape index (κ2) is 4.18. The molecule has 4 heteroatoms. The minimum Gasteiger partial charge on any atom is -0.383 e. The maximum Gasteiger partial charge on any atom is 0.131 e. The van der Waals surface area contributed by atoms with E-state index in [-0.39, 0.29) is 0 Å². The molecule has 16 heavy (non-hydrogen) atoms. The Morgan fingerprint density at radius 3 is 2.75 bits per heavy atom. The number of rotatable bonds is 2. The number of nitrogens with two attached hydrogens (primary N) is 1. The van der Waals surface area contributed by atoms with Gasteiger partial charge in [-0.1, -0.05) is 17.7 Å². The molecule has 0 aliphatic carbocycles. The van der Waals surface area contributed by atoms with Crippen LogP contribution in [0.15, 0.2) is 24.5 Å². The zero-order valence-corrected chi connectivity index (χ0v) is 10.1. The van der Waals surface area contributed by atoms with Crippen molar-refractivity contribution in [3.63, 3.8) is 0 Å². The quantitative estimate of drug-likeness (QED) is 0.869. The van der Waals surface area contributed by atoms with Crippen LogP contribution in [0.25, 0.3) is 11.3 Å². The van der Waals surface area contributed by atoms with Crippen molar-refractivity contribution >= 4 is 17.4 Å². The van der Waals surface area contributed by atoms with Crippen LogP contribution in [-0.4, -0.2) is 9.55 Å². The summed E-state index contributed by atoms with van der Waals surface area (Å²) in [5, 5.41) is 0.731. The number of aryl methyl sites for hydroxylation is 2. The molecule has 0 fully saturated rings. The maximum atomic E-state index is 6.02. The second-order valence-electron chi connectivity index (χ2n) is 3.72. The molecule has 1 heterocycles. The van der Waals surface area contributed by atoms with E-state index in [1.807, 2.05) is 36.6 Å². The Morgan fingerprint density at radius 1 is 1.44 bits per heavy atom. The average molecular weight is 236 g/mol. The number of halogens is 1. The molecule has 2 aromatic rings. The van der Waals surface area contributed by atoms with Crippen molar-refractivity contribution in [1.29, 1.82) is 0 Å². The minimum atomic E-state index is 0.702. The first-order chi connectivity index (χ1) is 7.63. The van der Waals surface area contributed by atoms with Crippen LogP contribution in [0, 0.1) is 6.92 Å². The molecule has 0 saturated carbocycles. The maximum absolute atomic E-state index is 6.02. The van der Waals surface area contributed by atoms with Gasteiger partial charge in [-0.25, -0.2) is 4.98 Å². The summed E-state index contributed by atoms with van der Waals surface area (Å²) in [6, 6.07) is 5.73. The first-order valence-electron chi connectivity index (χ1n) is 5.20. The monoisotopic (exact) mass is 235 g/mol. The minimum absolute atomic E-state index is 0.702. The van der Waals surface area contributed by atoms with Crippen molar-refractivity contribution in [2.45, 2.75) is 20.4 Å². The molecule has 2 N–H and O–H groups in total. The zero-order valence-electron chi connectivity index (χ0n) is 9.37. The van der Waals surface area contributed by atoms with Crippen molar-refractivity contribution in [2.75, 3.05) is 5.73 Å². The Labute approximate surface area is 99.9 Å². The summed E-state index contributed by atoms with van der Waals surface area (Å²) in [5.74, 6) is 0.702. The van der Waals surface area contributed by atoms with E-state index in [1.165, 1.54) is 0 Å². The molecule has 0 saturated heterocycles. The Balaban J connectivity index is 2.54. The molecule has 0 unspecified atom stereocenters. The lowest BCUT2D eigenvalue weighted by molar-refractivity contribution is 0.771. The van der Waals surface area contributed by atoms with Gasteiger partial charge in [-0.2, -0.15) is 0 Å². The molecular weight excluding hydrogens is 222 g/mol. The molecule has 0 atom stereocenters. The molecule has 1 aromatic carbocycles. The largest absolute Gasteiger partial charge is 0.383 e. The molecule has 0 radical (unpaired) electrons. The van der Waals surface area contributed by atoms with E-state index in [0.717, 1.165) is 28.4 Å². The van der Waals surface area contributed by atoms with Crippen molar-refractivity contribution in [1.82, 2.24) is 9.55 Å². The standard InChI is InChI=1S/C12H14ClN3/c1-3-16-7-15-11(12(16)14)10-5-4-9(13)6-8(10)2/h4-7H,3,14H2,1-2H3. The molecule has 0 spiro atoms. The number of aromatic nitrogens is 2. The molecule has 84 valence electrons. The fraction of sp³-hybridized carbons (Fsp3) is 0.250. The van der Waals surface area contributed by atoms with E-state index in [9.17, 15) is 0 Å². The summed E-state index contributed by atoms with van der Waals surface area (Å²) in [7, 11) is 0. The average Bonchev–Trinajstić information content (AvgIpc) is 2.60. The third kappa shape index (κ3) is 1.78. The van der Waals surface area contributed by atoms with Gasteiger partial charge >= 0.3 is 0 Å². The summed E-state index contributed by atoms with van der Waals surface area (Å²) in [5.41, 5.74) is 8.97. The highest BCUT2D eigenvalue weighted by Crippen LogP contribution is 2.28. The highest BCUT2D eigenvalue weighted by Gasteiger charge is 2.11. The third-order valence-corrected chi connectivity index (χ3v) is 2.90. The SMILES string of the molecule is CCn1cnc(-c2ccc(Cl)cc2C)c1N. The lowest BCUT2D eigenvalue weighted by Gasteiger charge is -2.05. The van der Waals surface area contributed by atoms with Gasteiger partial charge in [0.15, 0.2) is 0 Å². The number of anilines is 1. The zero-order chi connectivity index (χ0) is 11.7. The molecule has 0 amide bonds. The Kier molecular flexibility index (Phi) is 2.88. The van der Waals surface area contributed by atoms with Crippen LogP contribution in [-0.2, 0) is 6.54 Å². The van der Waals surface area contributed by atoms with E-state index in [0.29, 0.717) is 5.82 Å². The van der Waals surface area contributed by atoms with Crippen LogP contribution in [0.1, 0.15) is 12.5 Å². The first-order valence-corrected chi connectivity index (χ1v) is 5.58.